The molecule has 0 aliphatic carbocycles. The number of likely N-dealkylation sites (tertiary alicyclic amines) is 1. The molecule has 1 saturated heterocycles. The van der Waals surface area contributed by atoms with E-state index in [1.54, 1.807) is 24.1 Å². The molecule has 0 aromatic heterocycles. The van der Waals surface area contributed by atoms with Gasteiger partial charge in [-0.25, -0.2) is 4.39 Å². The molecule has 5 heteroatoms. The molecule has 1 aliphatic rings. The molecule has 0 spiro atoms. The summed E-state index contributed by atoms with van der Waals surface area (Å²) >= 11 is 0. The first-order chi connectivity index (χ1) is 10.5. The van der Waals surface area contributed by atoms with Crippen LogP contribution in [0, 0.1) is 5.82 Å². The maximum Gasteiger partial charge on any atom is 0.226 e. The Kier molecular flexibility index (Phi) is 5.77. The fourth-order valence-electron chi connectivity index (χ4n) is 2.85. The summed E-state index contributed by atoms with van der Waals surface area (Å²) in [6, 6.07) is 5.10. The smallest absolute Gasteiger partial charge is 0.226 e. The van der Waals surface area contributed by atoms with Crippen molar-refractivity contribution in [3.63, 3.8) is 0 Å². The quantitative estimate of drug-likeness (QED) is 0.808. The first-order valence-electron chi connectivity index (χ1n) is 7.86. The van der Waals surface area contributed by atoms with Gasteiger partial charge in [0, 0.05) is 25.7 Å². The molecule has 122 valence electrons. The standard InChI is InChI=1S/C17H25FN2O2/c1-4-22-15-8-7-13(16(18)11-15)10-17(21)20(3)12-14-6-5-9-19(14)2/h7-8,11,14H,4-6,9-10,12H2,1-3H3. The third-order valence-electron chi connectivity index (χ3n) is 4.26. The number of likely N-dealkylation sites (N-methyl/N-ethyl adjacent to an activating group) is 2. The second-order valence-corrected chi connectivity index (χ2v) is 5.91. The lowest BCUT2D eigenvalue weighted by atomic mass is 10.1. The average Bonchev–Trinajstić information content (AvgIpc) is 2.87. The highest BCUT2D eigenvalue weighted by atomic mass is 19.1. The van der Waals surface area contributed by atoms with Crippen LogP contribution in [0.1, 0.15) is 25.3 Å². The normalized spacial score (nSPS) is 18.5. The maximum absolute atomic E-state index is 14.0. The molecule has 1 amide bonds. The molecule has 4 nitrogen and oxygen atoms in total. The Balaban J connectivity index is 1.93. The summed E-state index contributed by atoms with van der Waals surface area (Å²) in [5.74, 6) is 0.0613. The van der Waals surface area contributed by atoms with E-state index >= 15 is 0 Å². The van der Waals surface area contributed by atoms with Crippen LogP contribution in [0.3, 0.4) is 0 Å². The summed E-state index contributed by atoms with van der Waals surface area (Å²) in [5.41, 5.74) is 0.417. The summed E-state index contributed by atoms with van der Waals surface area (Å²) in [6.45, 7) is 4.13. The predicted octanol–water partition coefficient (Wildman–Crippen LogP) is 2.32. The molecule has 0 N–H and O–H groups in total. The van der Waals surface area contributed by atoms with Crippen LogP contribution in [0.5, 0.6) is 5.75 Å². The van der Waals surface area contributed by atoms with E-state index in [1.165, 1.54) is 12.5 Å². The summed E-state index contributed by atoms with van der Waals surface area (Å²) in [6.07, 6.45) is 2.38. The summed E-state index contributed by atoms with van der Waals surface area (Å²) in [5, 5.41) is 0. The Labute approximate surface area is 131 Å². The Morgan fingerprint density at radius 3 is 2.86 bits per heavy atom. The second-order valence-electron chi connectivity index (χ2n) is 5.91. The topological polar surface area (TPSA) is 32.8 Å². The van der Waals surface area contributed by atoms with Crippen LogP contribution in [0.2, 0.25) is 0 Å². The largest absolute Gasteiger partial charge is 0.494 e. The molecule has 1 heterocycles. The van der Waals surface area contributed by atoms with Crippen LogP contribution < -0.4 is 4.74 Å². The van der Waals surface area contributed by atoms with Gasteiger partial charge in [0.2, 0.25) is 5.91 Å². The Hall–Kier alpha value is -1.62. The van der Waals surface area contributed by atoms with E-state index in [1.807, 2.05) is 6.92 Å². The highest BCUT2D eigenvalue weighted by molar-refractivity contribution is 5.78. The summed E-state index contributed by atoms with van der Waals surface area (Å²) < 4.78 is 19.3. The van der Waals surface area contributed by atoms with Crippen LogP contribution in [-0.4, -0.2) is 55.5 Å². The maximum atomic E-state index is 14.0. The van der Waals surface area contributed by atoms with Gasteiger partial charge in [-0.15, -0.1) is 0 Å². The minimum atomic E-state index is -0.384. The molecule has 1 aromatic carbocycles. The summed E-state index contributed by atoms with van der Waals surface area (Å²) in [4.78, 5) is 16.3. The molecular weight excluding hydrogens is 283 g/mol. The van der Waals surface area contributed by atoms with E-state index in [2.05, 4.69) is 11.9 Å². The van der Waals surface area contributed by atoms with Crippen molar-refractivity contribution in [1.29, 1.82) is 0 Å². The van der Waals surface area contributed by atoms with E-state index in [0.29, 0.717) is 30.5 Å². The van der Waals surface area contributed by atoms with E-state index in [0.717, 1.165) is 13.0 Å². The van der Waals surface area contributed by atoms with Gasteiger partial charge in [-0.2, -0.15) is 0 Å². The molecule has 1 unspecified atom stereocenters. The lowest BCUT2D eigenvalue weighted by Gasteiger charge is -2.26. The number of ether oxygens (including phenoxy) is 1. The van der Waals surface area contributed by atoms with Crippen LogP contribution in [0.4, 0.5) is 4.39 Å². The van der Waals surface area contributed by atoms with Gasteiger partial charge in [0.1, 0.15) is 11.6 Å². The Morgan fingerprint density at radius 1 is 1.50 bits per heavy atom. The van der Waals surface area contributed by atoms with E-state index in [9.17, 15) is 9.18 Å². The van der Waals surface area contributed by atoms with Crippen molar-refractivity contribution in [1.82, 2.24) is 9.80 Å². The van der Waals surface area contributed by atoms with E-state index < -0.39 is 0 Å². The minimum absolute atomic E-state index is 0.0524. The number of hydrogen-bond acceptors (Lipinski definition) is 3. The molecule has 0 radical (unpaired) electrons. The molecule has 1 fully saturated rings. The monoisotopic (exact) mass is 308 g/mol. The van der Waals surface area contributed by atoms with Gasteiger partial charge < -0.3 is 14.5 Å². The van der Waals surface area contributed by atoms with Crippen LogP contribution in [-0.2, 0) is 11.2 Å². The molecule has 0 bridgehead atoms. The van der Waals surface area contributed by atoms with Gasteiger partial charge in [-0.3, -0.25) is 4.79 Å². The van der Waals surface area contributed by atoms with Crippen molar-refractivity contribution in [2.24, 2.45) is 0 Å². The highest BCUT2D eigenvalue weighted by Gasteiger charge is 2.24. The number of hydrogen-bond donors (Lipinski definition) is 0. The van der Waals surface area contributed by atoms with Gasteiger partial charge in [0.05, 0.1) is 13.0 Å². The lowest BCUT2D eigenvalue weighted by molar-refractivity contribution is -0.129. The SMILES string of the molecule is CCOc1ccc(CC(=O)N(C)CC2CCCN2C)c(F)c1. The molecule has 0 saturated carbocycles. The van der Waals surface area contributed by atoms with Gasteiger partial charge in [-0.05, 0) is 45.0 Å². The molecule has 1 aromatic rings. The Bertz CT molecular complexity index is 521. The summed E-state index contributed by atoms with van der Waals surface area (Å²) in [7, 11) is 3.88. The van der Waals surface area contributed by atoms with E-state index in [4.69, 9.17) is 4.74 Å². The first-order valence-corrected chi connectivity index (χ1v) is 7.86. The molecular formula is C17H25FN2O2. The van der Waals surface area contributed by atoms with Crippen molar-refractivity contribution in [3.8, 4) is 5.75 Å². The van der Waals surface area contributed by atoms with Crippen LogP contribution >= 0.6 is 0 Å². The molecule has 1 aliphatic heterocycles. The predicted molar refractivity (Wildman–Crippen MR) is 84.6 cm³/mol. The van der Waals surface area contributed by atoms with Gasteiger partial charge >= 0.3 is 0 Å². The number of amides is 1. The van der Waals surface area contributed by atoms with E-state index in [-0.39, 0.29) is 18.1 Å². The van der Waals surface area contributed by atoms with Crippen molar-refractivity contribution in [3.05, 3.63) is 29.6 Å². The zero-order chi connectivity index (χ0) is 16.1. The number of carbonyl (C=O) groups excluding carboxylic acids is 1. The number of carbonyl (C=O) groups is 1. The lowest BCUT2D eigenvalue weighted by Crippen LogP contribution is -2.40. The van der Waals surface area contributed by atoms with Crippen LogP contribution in [0.15, 0.2) is 18.2 Å². The third-order valence-corrected chi connectivity index (χ3v) is 4.26. The van der Waals surface area contributed by atoms with Crippen molar-refractivity contribution >= 4 is 5.91 Å². The molecule has 2 rings (SSSR count). The van der Waals surface area contributed by atoms with Crippen molar-refractivity contribution < 1.29 is 13.9 Å². The number of benzene rings is 1. The molecule has 22 heavy (non-hydrogen) atoms. The fraction of sp³-hybridized carbons (Fsp3) is 0.588. The second kappa shape index (κ2) is 7.58. The number of nitrogens with zero attached hydrogens (tertiary/aromatic N) is 2. The van der Waals surface area contributed by atoms with Gasteiger partial charge in [0.15, 0.2) is 0 Å². The fourth-order valence-corrected chi connectivity index (χ4v) is 2.85. The Morgan fingerprint density at radius 2 is 2.27 bits per heavy atom. The first kappa shape index (κ1) is 16.7. The highest BCUT2D eigenvalue weighted by Crippen LogP contribution is 2.19. The zero-order valence-electron chi connectivity index (χ0n) is 13.6. The third kappa shape index (κ3) is 4.19. The van der Waals surface area contributed by atoms with Gasteiger partial charge in [-0.1, -0.05) is 6.07 Å². The minimum Gasteiger partial charge on any atom is -0.494 e. The van der Waals surface area contributed by atoms with Crippen LogP contribution in [0.25, 0.3) is 0 Å². The van der Waals surface area contributed by atoms with Gasteiger partial charge in [0.25, 0.3) is 0 Å². The average molecular weight is 308 g/mol. The zero-order valence-corrected chi connectivity index (χ0v) is 13.6. The number of halogens is 1. The van der Waals surface area contributed by atoms with Crippen molar-refractivity contribution in [2.45, 2.75) is 32.2 Å². The molecule has 1 atom stereocenters. The number of rotatable bonds is 6. The van der Waals surface area contributed by atoms with Crippen molar-refractivity contribution in [2.75, 3.05) is 33.8 Å².